The van der Waals surface area contributed by atoms with Crippen LogP contribution in [0, 0.1) is 5.92 Å². The first-order chi connectivity index (χ1) is 11.0. The quantitative estimate of drug-likeness (QED) is 0.939. The zero-order chi connectivity index (χ0) is 16.4. The zero-order valence-electron chi connectivity index (χ0n) is 13.3. The third-order valence-corrected chi connectivity index (χ3v) is 4.74. The van der Waals surface area contributed by atoms with Crippen molar-refractivity contribution >= 4 is 22.4 Å². The van der Waals surface area contributed by atoms with E-state index in [-0.39, 0.29) is 18.1 Å². The fourth-order valence-electron chi connectivity index (χ4n) is 2.72. The lowest BCUT2D eigenvalue weighted by Crippen LogP contribution is -2.48. The first-order valence-electron chi connectivity index (χ1n) is 7.75. The van der Waals surface area contributed by atoms with Gasteiger partial charge in [-0.25, -0.2) is 4.98 Å². The van der Waals surface area contributed by atoms with Crippen LogP contribution in [0.5, 0.6) is 0 Å². The van der Waals surface area contributed by atoms with E-state index in [9.17, 15) is 4.79 Å². The van der Waals surface area contributed by atoms with Gasteiger partial charge in [-0.1, -0.05) is 44.2 Å². The molecular formula is C17H21N3O2S. The molecule has 2 atom stereocenters. The predicted octanol–water partition coefficient (Wildman–Crippen LogP) is 2.96. The zero-order valence-corrected chi connectivity index (χ0v) is 14.1. The highest BCUT2D eigenvalue weighted by molar-refractivity contribution is 7.13. The van der Waals surface area contributed by atoms with Crippen LogP contribution in [-0.2, 0) is 4.74 Å². The summed E-state index contributed by atoms with van der Waals surface area (Å²) in [7, 11) is 0. The molecule has 0 radical (unpaired) electrons. The van der Waals surface area contributed by atoms with Gasteiger partial charge in [-0.05, 0) is 11.5 Å². The molecule has 23 heavy (non-hydrogen) atoms. The SMILES string of the molecule is CC(C)[C@H]1CN(C(=O)c2csc(N)n2)C[C@@H](c2ccccc2)O1. The van der Waals surface area contributed by atoms with Crippen LogP contribution in [0.3, 0.4) is 0 Å². The number of carbonyl (C=O) groups excluding carboxylic acids is 1. The average molecular weight is 331 g/mol. The van der Waals surface area contributed by atoms with Crippen molar-refractivity contribution in [2.24, 2.45) is 5.92 Å². The van der Waals surface area contributed by atoms with E-state index in [0.29, 0.717) is 29.8 Å². The summed E-state index contributed by atoms with van der Waals surface area (Å²) < 4.78 is 6.22. The summed E-state index contributed by atoms with van der Waals surface area (Å²) in [6, 6.07) is 10.0. The van der Waals surface area contributed by atoms with Gasteiger partial charge in [0.1, 0.15) is 11.8 Å². The summed E-state index contributed by atoms with van der Waals surface area (Å²) >= 11 is 1.29. The van der Waals surface area contributed by atoms with E-state index in [1.54, 1.807) is 5.38 Å². The van der Waals surface area contributed by atoms with E-state index < -0.39 is 0 Å². The van der Waals surface area contributed by atoms with Crippen LogP contribution in [0.1, 0.15) is 36.0 Å². The van der Waals surface area contributed by atoms with Crippen molar-refractivity contribution in [3.05, 3.63) is 47.0 Å². The average Bonchev–Trinajstić information content (AvgIpc) is 3.01. The second kappa shape index (κ2) is 6.68. The number of anilines is 1. The monoisotopic (exact) mass is 331 g/mol. The number of nitrogens with two attached hydrogens (primary N) is 1. The van der Waals surface area contributed by atoms with E-state index in [4.69, 9.17) is 10.5 Å². The van der Waals surface area contributed by atoms with Crippen molar-refractivity contribution in [2.45, 2.75) is 26.1 Å². The molecule has 1 aliphatic heterocycles. The van der Waals surface area contributed by atoms with E-state index in [1.165, 1.54) is 11.3 Å². The Morgan fingerprint density at radius 3 is 2.70 bits per heavy atom. The smallest absolute Gasteiger partial charge is 0.273 e. The van der Waals surface area contributed by atoms with Crippen LogP contribution in [0.15, 0.2) is 35.7 Å². The van der Waals surface area contributed by atoms with Crippen molar-refractivity contribution < 1.29 is 9.53 Å². The molecule has 1 aromatic heterocycles. The predicted molar refractivity (Wildman–Crippen MR) is 91.3 cm³/mol. The Labute approximate surface area is 140 Å². The maximum absolute atomic E-state index is 12.7. The number of hydrogen-bond donors (Lipinski definition) is 1. The normalized spacial score (nSPS) is 21.6. The van der Waals surface area contributed by atoms with Crippen molar-refractivity contribution in [2.75, 3.05) is 18.8 Å². The molecule has 0 saturated carbocycles. The second-order valence-corrected chi connectivity index (χ2v) is 6.99. The first-order valence-corrected chi connectivity index (χ1v) is 8.63. The van der Waals surface area contributed by atoms with Crippen molar-refractivity contribution in [3.8, 4) is 0 Å². The Balaban J connectivity index is 1.83. The van der Waals surface area contributed by atoms with Crippen LogP contribution < -0.4 is 5.73 Å². The Bertz CT molecular complexity index is 671. The lowest BCUT2D eigenvalue weighted by Gasteiger charge is -2.39. The molecule has 1 aromatic carbocycles. The third kappa shape index (κ3) is 3.54. The summed E-state index contributed by atoms with van der Waals surface area (Å²) in [5, 5.41) is 2.14. The minimum absolute atomic E-state index is 0.00823. The molecule has 6 heteroatoms. The largest absolute Gasteiger partial charge is 0.375 e. The second-order valence-electron chi connectivity index (χ2n) is 6.10. The van der Waals surface area contributed by atoms with Crippen LogP contribution in [0.25, 0.3) is 0 Å². The minimum Gasteiger partial charge on any atom is -0.375 e. The molecule has 0 aliphatic carbocycles. The number of amides is 1. The molecule has 2 N–H and O–H groups in total. The molecule has 1 saturated heterocycles. The van der Waals surface area contributed by atoms with Gasteiger partial charge in [0.15, 0.2) is 5.13 Å². The number of rotatable bonds is 3. The number of thiazole rings is 1. The fraction of sp³-hybridized carbons (Fsp3) is 0.412. The number of nitrogens with zero attached hydrogens (tertiary/aromatic N) is 2. The maximum Gasteiger partial charge on any atom is 0.273 e. The van der Waals surface area contributed by atoms with Crippen molar-refractivity contribution in [1.29, 1.82) is 0 Å². The lowest BCUT2D eigenvalue weighted by molar-refractivity contribution is -0.0955. The molecule has 1 amide bonds. The van der Waals surface area contributed by atoms with Gasteiger partial charge in [0, 0.05) is 11.9 Å². The molecule has 3 rings (SSSR count). The highest BCUT2D eigenvalue weighted by Gasteiger charge is 2.33. The van der Waals surface area contributed by atoms with Gasteiger partial charge < -0.3 is 15.4 Å². The van der Waals surface area contributed by atoms with Crippen LogP contribution in [0.2, 0.25) is 0 Å². The number of ether oxygens (including phenoxy) is 1. The number of carbonyl (C=O) groups is 1. The van der Waals surface area contributed by atoms with E-state index >= 15 is 0 Å². The van der Waals surface area contributed by atoms with Gasteiger partial charge in [-0.3, -0.25) is 4.79 Å². The van der Waals surface area contributed by atoms with E-state index in [2.05, 4.69) is 18.8 Å². The van der Waals surface area contributed by atoms with Gasteiger partial charge in [-0.15, -0.1) is 11.3 Å². The summed E-state index contributed by atoms with van der Waals surface area (Å²) in [6.45, 7) is 5.34. The van der Waals surface area contributed by atoms with Gasteiger partial charge in [-0.2, -0.15) is 0 Å². The summed E-state index contributed by atoms with van der Waals surface area (Å²) in [5.41, 5.74) is 7.16. The molecule has 0 spiro atoms. The molecule has 2 aromatic rings. The Morgan fingerprint density at radius 2 is 2.09 bits per heavy atom. The molecule has 5 nitrogen and oxygen atoms in total. The Hall–Kier alpha value is -1.92. The van der Waals surface area contributed by atoms with Crippen LogP contribution in [-0.4, -0.2) is 35.0 Å². The Morgan fingerprint density at radius 1 is 1.35 bits per heavy atom. The van der Waals surface area contributed by atoms with Crippen LogP contribution >= 0.6 is 11.3 Å². The Kier molecular flexibility index (Phi) is 4.63. The topological polar surface area (TPSA) is 68.5 Å². The molecule has 0 bridgehead atoms. The third-order valence-electron chi connectivity index (χ3n) is 4.07. The number of morpholine rings is 1. The lowest BCUT2D eigenvalue weighted by atomic mass is 10.0. The summed E-state index contributed by atoms with van der Waals surface area (Å²) in [4.78, 5) is 18.7. The first kappa shape index (κ1) is 16.0. The van der Waals surface area contributed by atoms with Gasteiger partial charge in [0.2, 0.25) is 0 Å². The standard InChI is InChI=1S/C17H21N3O2S/c1-11(2)14-8-20(16(21)13-10-23-17(18)19-13)9-15(22-14)12-6-4-3-5-7-12/h3-7,10-11,14-15H,8-9H2,1-2H3,(H2,18,19)/t14-,15+/m1/s1. The maximum atomic E-state index is 12.7. The van der Waals surface area contributed by atoms with Crippen molar-refractivity contribution in [3.63, 3.8) is 0 Å². The summed E-state index contributed by atoms with van der Waals surface area (Å²) in [6.07, 6.45) is -0.105. The molecule has 1 fully saturated rings. The van der Waals surface area contributed by atoms with Gasteiger partial charge in [0.05, 0.1) is 12.6 Å². The van der Waals surface area contributed by atoms with Gasteiger partial charge >= 0.3 is 0 Å². The number of aromatic nitrogens is 1. The molecule has 0 unspecified atom stereocenters. The number of hydrogen-bond acceptors (Lipinski definition) is 5. The number of nitrogen functional groups attached to an aromatic ring is 1. The van der Waals surface area contributed by atoms with Crippen LogP contribution in [0.4, 0.5) is 5.13 Å². The fourth-order valence-corrected chi connectivity index (χ4v) is 3.26. The highest BCUT2D eigenvalue weighted by atomic mass is 32.1. The molecular weight excluding hydrogens is 310 g/mol. The minimum atomic E-state index is -0.114. The number of benzene rings is 1. The highest BCUT2D eigenvalue weighted by Crippen LogP contribution is 2.29. The van der Waals surface area contributed by atoms with E-state index in [0.717, 1.165) is 5.56 Å². The molecule has 122 valence electrons. The van der Waals surface area contributed by atoms with Crippen molar-refractivity contribution in [1.82, 2.24) is 9.88 Å². The summed E-state index contributed by atoms with van der Waals surface area (Å²) in [5.74, 6) is 0.255. The molecule has 2 heterocycles. The van der Waals surface area contributed by atoms with Gasteiger partial charge in [0.25, 0.3) is 5.91 Å². The molecule has 1 aliphatic rings. The van der Waals surface area contributed by atoms with E-state index in [1.807, 2.05) is 35.2 Å².